The topological polar surface area (TPSA) is 9.23 Å². The van der Waals surface area contributed by atoms with Crippen LogP contribution in [0.2, 0.25) is 0 Å². The van der Waals surface area contributed by atoms with Gasteiger partial charge in [0.05, 0.1) is 0 Å². The van der Waals surface area contributed by atoms with Crippen LogP contribution in [0.4, 0.5) is 0 Å². The summed E-state index contributed by atoms with van der Waals surface area (Å²) in [6.07, 6.45) is 9.55. The molecule has 0 atom stereocenters. The van der Waals surface area contributed by atoms with Gasteiger partial charge in [0.2, 0.25) is 0 Å². The van der Waals surface area contributed by atoms with Crippen LogP contribution >= 0.6 is 0 Å². The van der Waals surface area contributed by atoms with Gasteiger partial charge in [-0.1, -0.05) is 78.8 Å². The van der Waals surface area contributed by atoms with Crippen LogP contribution in [0.15, 0.2) is 37.0 Å². The predicted octanol–water partition coefficient (Wildman–Crippen LogP) is 5.36. The Balaban J connectivity index is 4.74. The van der Waals surface area contributed by atoms with Crippen molar-refractivity contribution in [1.82, 2.24) is 0 Å². The molecule has 0 unspecified atom stereocenters. The van der Waals surface area contributed by atoms with Crippen LogP contribution in [0.5, 0.6) is 0 Å². The van der Waals surface area contributed by atoms with Crippen LogP contribution in [-0.4, -0.2) is 6.61 Å². The SMILES string of the molecule is C=C/C=C(\C=C)C(C)(C)CC(C)(C)COC#CC(C)C. The number of hydrogen-bond donors (Lipinski definition) is 0. The molecule has 0 spiro atoms. The van der Waals surface area contributed by atoms with Gasteiger partial charge < -0.3 is 4.74 Å². The lowest BCUT2D eigenvalue weighted by Crippen LogP contribution is -2.28. The van der Waals surface area contributed by atoms with Crippen molar-refractivity contribution in [2.24, 2.45) is 16.7 Å². The van der Waals surface area contributed by atoms with E-state index < -0.39 is 0 Å². The van der Waals surface area contributed by atoms with Crippen molar-refractivity contribution in [2.45, 2.75) is 48.0 Å². The van der Waals surface area contributed by atoms with Crippen molar-refractivity contribution in [3.8, 4) is 12.0 Å². The van der Waals surface area contributed by atoms with E-state index in [4.69, 9.17) is 4.74 Å². The van der Waals surface area contributed by atoms with Gasteiger partial charge in [-0.3, -0.25) is 0 Å². The minimum absolute atomic E-state index is 0.0360. The first kappa shape index (κ1) is 18.6. The Bertz CT molecular complexity index is 411. The van der Waals surface area contributed by atoms with E-state index in [1.165, 1.54) is 5.57 Å². The standard InChI is InChI=1S/C19H30O/c1-9-11-17(10-2)19(7,8)14-18(5,6)15-20-13-12-16(3)4/h9-11,16H,1-2,14-15H2,3-8H3/b17-11+. The molecule has 0 N–H and O–H groups in total. The molecule has 0 aromatic rings. The van der Waals surface area contributed by atoms with Gasteiger partial charge in [0.15, 0.2) is 0 Å². The molecular formula is C19H30O. The molecule has 1 nitrogen and oxygen atoms in total. The number of ether oxygens (including phenoxy) is 1. The maximum absolute atomic E-state index is 5.50. The highest BCUT2D eigenvalue weighted by atomic mass is 16.5. The maximum atomic E-state index is 5.50. The summed E-state index contributed by atoms with van der Waals surface area (Å²) in [5, 5.41) is 0. The van der Waals surface area contributed by atoms with Crippen molar-refractivity contribution in [1.29, 1.82) is 0 Å². The largest absolute Gasteiger partial charge is 0.446 e. The van der Waals surface area contributed by atoms with Crippen LogP contribution < -0.4 is 0 Å². The van der Waals surface area contributed by atoms with Gasteiger partial charge in [-0.2, -0.15) is 0 Å². The smallest absolute Gasteiger partial charge is 0.110 e. The highest BCUT2D eigenvalue weighted by Crippen LogP contribution is 2.39. The third-order valence-electron chi connectivity index (χ3n) is 3.10. The molecule has 0 heterocycles. The first-order valence-electron chi connectivity index (χ1n) is 7.22. The first-order chi connectivity index (χ1) is 9.14. The lowest BCUT2D eigenvalue weighted by molar-refractivity contribution is 0.113. The van der Waals surface area contributed by atoms with Crippen LogP contribution in [0.25, 0.3) is 0 Å². The van der Waals surface area contributed by atoms with Crippen LogP contribution in [0.1, 0.15) is 48.0 Å². The van der Waals surface area contributed by atoms with Crippen molar-refractivity contribution >= 4 is 0 Å². The van der Waals surface area contributed by atoms with Crippen LogP contribution in [0.3, 0.4) is 0 Å². The molecule has 0 aliphatic rings. The Hall–Kier alpha value is -1.42. The molecule has 0 fully saturated rings. The Morgan fingerprint density at radius 1 is 1.20 bits per heavy atom. The molecular weight excluding hydrogens is 244 g/mol. The van der Waals surface area contributed by atoms with E-state index in [2.05, 4.69) is 66.7 Å². The molecule has 0 rings (SSSR count). The van der Waals surface area contributed by atoms with Gasteiger partial charge in [0.1, 0.15) is 12.7 Å². The number of hydrogen-bond acceptors (Lipinski definition) is 1. The fourth-order valence-electron chi connectivity index (χ4n) is 2.44. The molecule has 0 radical (unpaired) electrons. The summed E-state index contributed by atoms with van der Waals surface area (Å²) in [7, 11) is 0. The summed E-state index contributed by atoms with van der Waals surface area (Å²) in [5.41, 5.74) is 1.29. The summed E-state index contributed by atoms with van der Waals surface area (Å²) < 4.78 is 5.50. The number of rotatable bonds is 7. The summed E-state index contributed by atoms with van der Waals surface area (Å²) in [6, 6.07) is 0. The third-order valence-corrected chi connectivity index (χ3v) is 3.10. The molecule has 0 bridgehead atoms. The van der Waals surface area contributed by atoms with E-state index >= 15 is 0 Å². The third kappa shape index (κ3) is 7.24. The minimum Gasteiger partial charge on any atom is -0.446 e. The predicted molar refractivity (Wildman–Crippen MR) is 89.2 cm³/mol. The molecule has 0 aliphatic carbocycles. The monoisotopic (exact) mass is 274 g/mol. The molecule has 0 aliphatic heterocycles. The lowest BCUT2D eigenvalue weighted by atomic mass is 9.71. The second-order valence-electron chi connectivity index (χ2n) is 6.98. The zero-order chi connectivity index (χ0) is 15.8. The highest BCUT2D eigenvalue weighted by Gasteiger charge is 2.31. The van der Waals surface area contributed by atoms with E-state index in [0.29, 0.717) is 12.5 Å². The average Bonchev–Trinajstić information content (AvgIpc) is 2.29. The minimum atomic E-state index is 0.0360. The van der Waals surface area contributed by atoms with Gasteiger partial charge in [-0.05, 0) is 17.4 Å². The van der Waals surface area contributed by atoms with E-state index in [0.717, 1.165) is 6.42 Å². The molecule has 0 aromatic carbocycles. The van der Waals surface area contributed by atoms with Crippen molar-refractivity contribution in [3.05, 3.63) is 37.0 Å². The zero-order valence-electron chi connectivity index (χ0n) is 14.0. The second-order valence-corrected chi connectivity index (χ2v) is 6.98. The summed E-state index contributed by atoms with van der Waals surface area (Å²) in [4.78, 5) is 0. The van der Waals surface area contributed by atoms with E-state index in [1.807, 2.05) is 18.2 Å². The van der Waals surface area contributed by atoms with E-state index in [-0.39, 0.29) is 10.8 Å². The Labute approximate surface area is 125 Å². The van der Waals surface area contributed by atoms with E-state index in [9.17, 15) is 0 Å². The van der Waals surface area contributed by atoms with Crippen LogP contribution in [0, 0.1) is 28.8 Å². The Morgan fingerprint density at radius 3 is 2.25 bits per heavy atom. The van der Waals surface area contributed by atoms with Crippen molar-refractivity contribution < 1.29 is 4.74 Å². The van der Waals surface area contributed by atoms with Gasteiger partial charge in [-0.25, -0.2) is 0 Å². The average molecular weight is 274 g/mol. The zero-order valence-corrected chi connectivity index (χ0v) is 14.0. The van der Waals surface area contributed by atoms with Gasteiger partial charge in [0, 0.05) is 11.3 Å². The summed E-state index contributed by atoms with van der Waals surface area (Å²) >= 11 is 0. The Kier molecular flexibility index (Phi) is 7.43. The van der Waals surface area contributed by atoms with Crippen molar-refractivity contribution in [2.75, 3.05) is 6.61 Å². The highest BCUT2D eigenvalue weighted by molar-refractivity contribution is 5.27. The fraction of sp³-hybridized carbons (Fsp3) is 0.579. The maximum Gasteiger partial charge on any atom is 0.110 e. The summed E-state index contributed by atoms with van der Waals surface area (Å²) in [5.74, 6) is 3.37. The van der Waals surface area contributed by atoms with Gasteiger partial charge in [0.25, 0.3) is 0 Å². The number of allylic oxidation sites excluding steroid dienone is 4. The van der Waals surface area contributed by atoms with Gasteiger partial charge >= 0.3 is 0 Å². The molecule has 112 valence electrons. The first-order valence-corrected chi connectivity index (χ1v) is 7.22. The second kappa shape index (κ2) is 8.00. The quantitative estimate of drug-likeness (QED) is 0.448. The molecule has 0 aromatic heterocycles. The molecule has 0 saturated carbocycles. The Morgan fingerprint density at radius 2 is 1.80 bits per heavy atom. The molecule has 0 amide bonds. The fourth-order valence-corrected chi connectivity index (χ4v) is 2.44. The molecule has 0 saturated heterocycles. The molecule has 1 heteroatoms. The summed E-state index contributed by atoms with van der Waals surface area (Å²) in [6.45, 7) is 21.3. The van der Waals surface area contributed by atoms with Crippen molar-refractivity contribution in [3.63, 3.8) is 0 Å². The normalized spacial score (nSPS) is 12.7. The van der Waals surface area contributed by atoms with E-state index in [1.54, 1.807) is 0 Å². The van der Waals surface area contributed by atoms with Crippen LogP contribution in [-0.2, 0) is 4.74 Å². The molecule has 20 heavy (non-hydrogen) atoms. The van der Waals surface area contributed by atoms with Gasteiger partial charge in [-0.15, -0.1) is 0 Å². The lowest BCUT2D eigenvalue weighted by Gasteiger charge is -2.35.